The van der Waals surface area contributed by atoms with Crippen molar-refractivity contribution in [1.82, 2.24) is 5.32 Å². The molecule has 0 radical (unpaired) electrons. The van der Waals surface area contributed by atoms with Gasteiger partial charge in [-0.3, -0.25) is 4.21 Å². The number of fused-ring (bicyclic) bond motifs is 1. The van der Waals surface area contributed by atoms with E-state index in [-0.39, 0.29) is 0 Å². The number of nitrogens with one attached hydrogen (secondary N) is 1. The number of rotatable bonds is 2. The predicted octanol–water partition coefficient (Wildman–Crippen LogP) is 1.99. The van der Waals surface area contributed by atoms with Crippen molar-refractivity contribution in [2.24, 2.45) is 0 Å². The molecule has 1 aliphatic heterocycles. The number of hydrogen-bond acceptors (Lipinski definition) is 2. The molecule has 1 fully saturated rings. The molecule has 1 N–H and O–H groups in total. The zero-order valence-electron chi connectivity index (χ0n) is 8.61. The molecule has 3 rings (SSSR count). The highest BCUT2D eigenvalue weighted by Gasteiger charge is 2.29. The van der Waals surface area contributed by atoms with Crippen LogP contribution >= 0.6 is 0 Å². The van der Waals surface area contributed by atoms with E-state index in [9.17, 15) is 4.21 Å². The molecule has 0 aromatic heterocycles. The van der Waals surface area contributed by atoms with E-state index in [2.05, 4.69) is 11.4 Å². The average Bonchev–Trinajstić information content (AvgIpc) is 3.07. The summed E-state index contributed by atoms with van der Waals surface area (Å²) in [7, 11) is -0.770. The molecule has 2 atom stereocenters. The van der Waals surface area contributed by atoms with Crippen LogP contribution in [0.5, 0.6) is 0 Å². The van der Waals surface area contributed by atoms with E-state index in [1.54, 1.807) is 0 Å². The maximum absolute atomic E-state index is 11.8. The third kappa shape index (κ3) is 1.86. The van der Waals surface area contributed by atoms with Crippen LogP contribution in [-0.4, -0.2) is 16.0 Å². The van der Waals surface area contributed by atoms with E-state index in [0.29, 0.717) is 6.04 Å². The fourth-order valence-corrected chi connectivity index (χ4v) is 3.55. The van der Waals surface area contributed by atoms with E-state index >= 15 is 0 Å². The normalized spacial score (nSPS) is 29.9. The molecule has 2 aliphatic rings. The summed E-state index contributed by atoms with van der Waals surface area (Å²) < 4.78 is 11.8. The van der Waals surface area contributed by atoms with Gasteiger partial charge in [0.15, 0.2) is 0 Å². The topological polar surface area (TPSA) is 29.1 Å². The fourth-order valence-electron chi connectivity index (χ4n) is 2.17. The van der Waals surface area contributed by atoms with Gasteiger partial charge in [0.2, 0.25) is 0 Å². The zero-order valence-corrected chi connectivity index (χ0v) is 9.43. The summed E-state index contributed by atoms with van der Waals surface area (Å²) in [6.45, 7) is 0. The summed E-state index contributed by atoms with van der Waals surface area (Å²) in [5, 5.41) is 3.64. The summed E-state index contributed by atoms with van der Waals surface area (Å²) in [4.78, 5) is 1.04. The molecule has 0 spiro atoms. The Balaban J connectivity index is 1.92. The molecule has 0 bridgehead atoms. The summed E-state index contributed by atoms with van der Waals surface area (Å²) in [5.74, 6) is 0.807. The van der Waals surface area contributed by atoms with Gasteiger partial charge in [0, 0.05) is 22.7 Å². The molecule has 1 aromatic carbocycles. The maximum Gasteiger partial charge on any atom is 0.0533 e. The molecule has 0 saturated heterocycles. The molecule has 1 aromatic rings. The second-order valence-corrected chi connectivity index (χ2v) is 5.91. The van der Waals surface area contributed by atoms with E-state index in [1.165, 1.54) is 18.4 Å². The Morgan fingerprint density at radius 1 is 1.20 bits per heavy atom. The van der Waals surface area contributed by atoms with Crippen molar-refractivity contribution in [1.29, 1.82) is 0 Å². The van der Waals surface area contributed by atoms with Crippen LogP contribution in [0.4, 0.5) is 0 Å². The largest absolute Gasteiger partial charge is 0.307 e. The molecule has 1 saturated carbocycles. The maximum atomic E-state index is 11.8. The van der Waals surface area contributed by atoms with Crippen LogP contribution in [-0.2, 0) is 10.8 Å². The predicted molar refractivity (Wildman–Crippen MR) is 61.2 cm³/mol. The molecule has 3 heteroatoms. The van der Waals surface area contributed by atoms with Gasteiger partial charge in [-0.05, 0) is 30.9 Å². The van der Waals surface area contributed by atoms with Crippen LogP contribution in [0.15, 0.2) is 29.2 Å². The smallest absolute Gasteiger partial charge is 0.0533 e. The monoisotopic (exact) mass is 221 g/mol. The van der Waals surface area contributed by atoms with Crippen molar-refractivity contribution in [3.8, 4) is 0 Å². The zero-order chi connectivity index (χ0) is 10.3. The SMILES string of the molecule is O=S1CCC(NC2CC2)c2ccccc21. The van der Waals surface area contributed by atoms with Gasteiger partial charge in [-0.1, -0.05) is 18.2 Å². The Labute approximate surface area is 92.5 Å². The highest BCUT2D eigenvalue weighted by Crippen LogP contribution is 2.32. The van der Waals surface area contributed by atoms with Crippen LogP contribution < -0.4 is 5.32 Å². The van der Waals surface area contributed by atoms with Gasteiger partial charge in [-0.25, -0.2) is 0 Å². The van der Waals surface area contributed by atoms with Gasteiger partial charge >= 0.3 is 0 Å². The third-order valence-corrected chi connectivity index (χ3v) is 4.61. The first-order valence-corrected chi connectivity index (χ1v) is 6.90. The minimum atomic E-state index is -0.770. The van der Waals surface area contributed by atoms with E-state index in [0.717, 1.165) is 23.1 Å². The molecule has 15 heavy (non-hydrogen) atoms. The van der Waals surface area contributed by atoms with Gasteiger partial charge in [0.05, 0.1) is 10.8 Å². The van der Waals surface area contributed by atoms with Crippen molar-refractivity contribution >= 4 is 10.8 Å². The van der Waals surface area contributed by atoms with Crippen molar-refractivity contribution in [3.05, 3.63) is 29.8 Å². The lowest BCUT2D eigenvalue weighted by Crippen LogP contribution is -2.29. The second kappa shape index (κ2) is 3.72. The van der Waals surface area contributed by atoms with Gasteiger partial charge in [0.1, 0.15) is 0 Å². The minimum Gasteiger partial charge on any atom is -0.307 e. The molecular formula is C12H15NOS. The van der Waals surface area contributed by atoms with E-state index in [1.807, 2.05) is 18.2 Å². The van der Waals surface area contributed by atoms with Gasteiger partial charge in [-0.2, -0.15) is 0 Å². The Hall–Kier alpha value is -0.670. The molecule has 2 nitrogen and oxygen atoms in total. The lowest BCUT2D eigenvalue weighted by atomic mass is 10.0. The Morgan fingerprint density at radius 3 is 2.80 bits per heavy atom. The van der Waals surface area contributed by atoms with Crippen LogP contribution in [0, 0.1) is 0 Å². The molecule has 2 unspecified atom stereocenters. The first-order chi connectivity index (χ1) is 7.34. The molecule has 80 valence electrons. The molecule has 1 heterocycles. The van der Waals surface area contributed by atoms with Crippen molar-refractivity contribution < 1.29 is 4.21 Å². The lowest BCUT2D eigenvalue weighted by Gasteiger charge is -2.25. The summed E-state index contributed by atoms with van der Waals surface area (Å²) in [6, 6.07) is 9.30. The quantitative estimate of drug-likeness (QED) is 0.827. The highest BCUT2D eigenvalue weighted by molar-refractivity contribution is 7.85. The van der Waals surface area contributed by atoms with E-state index < -0.39 is 10.8 Å². The fraction of sp³-hybridized carbons (Fsp3) is 0.500. The third-order valence-electron chi connectivity index (χ3n) is 3.15. The average molecular weight is 221 g/mol. The molecule has 1 aliphatic carbocycles. The van der Waals surface area contributed by atoms with Crippen molar-refractivity contribution in [3.63, 3.8) is 0 Å². The van der Waals surface area contributed by atoms with Crippen LogP contribution in [0.25, 0.3) is 0 Å². The summed E-state index contributed by atoms with van der Waals surface area (Å²) >= 11 is 0. The van der Waals surface area contributed by atoms with Gasteiger partial charge < -0.3 is 5.32 Å². The van der Waals surface area contributed by atoms with Crippen molar-refractivity contribution in [2.75, 3.05) is 5.75 Å². The molecule has 0 amide bonds. The van der Waals surface area contributed by atoms with Gasteiger partial charge in [0.25, 0.3) is 0 Å². The summed E-state index contributed by atoms with van der Waals surface area (Å²) in [5.41, 5.74) is 1.26. The first-order valence-electron chi connectivity index (χ1n) is 5.58. The Morgan fingerprint density at radius 2 is 2.00 bits per heavy atom. The molecular weight excluding hydrogens is 206 g/mol. The Bertz CT molecular complexity index is 400. The van der Waals surface area contributed by atoms with Gasteiger partial charge in [-0.15, -0.1) is 0 Å². The van der Waals surface area contributed by atoms with Crippen molar-refractivity contribution in [2.45, 2.75) is 36.2 Å². The summed E-state index contributed by atoms with van der Waals surface area (Å²) in [6.07, 6.45) is 3.63. The minimum absolute atomic E-state index is 0.436. The highest BCUT2D eigenvalue weighted by atomic mass is 32.2. The lowest BCUT2D eigenvalue weighted by molar-refractivity contribution is 0.501. The number of hydrogen-bond donors (Lipinski definition) is 1. The van der Waals surface area contributed by atoms with Crippen LogP contribution in [0.2, 0.25) is 0 Å². The van der Waals surface area contributed by atoms with E-state index in [4.69, 9.17) is 0 Å². The Kier molecular flexibility index (Phi) is 2.37. The van der Waals surface area contributed by atoms with Crippen LogP contribution in [0.3, 0.4) is 0 Å². The second-order valence-electron chi connectivity index (χ2n) is 4.37. The first kappa shape index (κ1) is 9.55. The number of benzene rings is 1. The standard InChI is InChI=1S/C12H15NOS/c14-15-8-7-11(13-9-5-6-9)10-3-1-2-4-12(10)15/h1-4,9,11,13H,5-8H2. The van der Waals surface area contributed by atoms with Crippen LogP contribution in [0.1, 0.15) is 30.9 Å².